The third kappa shape index (κ3) is 3.16. The van der Waals surface area contributed by atoms with Crippen LogP contribution in [0.4, 0.5) is 0 Å². The Hall–Kier alpha value is -3.91. The number of aryl methyl sites for hydroxylation is 1. The number of ketones is 1. The fourth-order valence-electron chi connectivity index (χ4n) is 3.93. The van der Waals surface area contributed by atoms with Gasteiger partial charge in [0.15, 0.2) is 15.6 Å². The van der Waals surface area contributed by atoms with Crippen molar-refractivity contribution in [2.75, 3.05) is 6.26 Å². The minimum atomic E-state index is -3.30. The summed E-state index contributed by atoms with van der Waals surface area (Å²) in [5, 5.41) is 10.8. The van der Waals surface area contributed by atoms with Crippen molar-refractivity contribution >= 4 is 32.7 Å². The summed E-state index contributed by atoms with van der Waals surface area (Å²) in [5.41, 5.74) is 3.22. The van der Waals surface area contributed by atoms with E-state index in [-0.39, 0.29) is 22.0 Å². The van der Waals surface area contributed by atoms with Gasteiger partial charge < -0.3 is 14.4 Å². The van der Waals surface area contributed by atoms with Crippen molar-refractivity contribution in [3.8, 4) is 22.6 Å². The monoisotopic (exact) mass is 446 g/mol. The molecule has 0 bridgehead atoms. The van der Waals surface area contributed by atoms with Crippen LogP contribution in [-0.2, 0) is 16.9 Å². The number of carbonyl (C=O) groups excluding carboxylic acids is 1. The number of benzene rings is 2. The van der Waals surface area contributed by atoms with Gasteiger partial charge in [-0.05, 0) is 47.5 Å². The van der Waals surface area contributed by atoms with Crippen LogP contribution in [0.3, 0.4) is 0 Å². The minimum absolute atomic E-state index is 0.108. The smallest absolute Gasteiger partial charge is 0.235 e. The summed E-state index contributed by atoms with van der Waals surface area (Å²) >= 11 is 0. The number of nitrogens with zero attached hydrogens (tertiary/aromatic N) is 2. The maximum Gasteiger partial charge on any atom is 0.235 e. The third-order valence-corrected chi connectivity index (χ3v) is 6.57. The SMILES string of the molecule is Cn1cc(C=C2Oc3cccc(O)c3C2=O)c2c(-c3ccc(S(C)(=O)=O)cc3)ccnc21. The van der Waals surface area contributed by atoms with Gasteiger partial charge in [0.1, 0.15) is 22.7 Å². The van der Waals surface area contributed by atoms with Gasteiger partial charge in [-0.25, -0.2) is 13.4 Å². The molecule has 0 aliphatic carbocycles. The summed E-state index contributed by atoms with van der Waals surface area (Å²) in [6, 6.07) is 13.2. The van der Waals surface area contributed by atoms with Crippen LogP contribution >= 0.6 is 0 Å². The number of pyridine rings is 1. The zero-order valence-corrected chi connectivity index (χ0v) is 18.1. The number of aromatic hydroxyl groups is 1. The highest BCUT2D eigenvalue weighted by atomic mass is 32.2. The van der Waals surface area contributed by atoms with E-state index in [4.69, 9.17) is 4.74 Å². The van der Waals surface area contributed by atoms with Gasteiger partial charge in [-0.3, -0.25) is 4.79 Å². The van der Waals surface area contributed by atoms with Gasteiger partial charge in [0.05, 0.1) is 4.90 Å². The van der Waals surface area contributed by atoms with Gasteiger partial charge in [-0.1, -0.05) is 18.2 Å². The van der Waals surface area contributed by atoms with E-state index < -0.39 is 15.6 Å². The third-order valence-electron chi connectivity index (χ3n) is 5.44. The zero-order chi connectivity index (χ0) is 22.6. The molecule has 0 spiro atoms. The Bertz CT molecular complexity index is 1550. The molecule has 32 heavy (non-hydrogen) atoms. The summed E-state index contributed by atoms with van der Waals surface area (Å²) in [6.07, 6.45) is 6.34. The van der Waals surface area contributed by atoms with Crippen LogP contribution in [0.1, 0.15) is 15.9 Å². The molecule has 0 atom stereocenters. The summed E-state index contributed by atoms with van der Waals surface area (Å²) in [6.45, 7) is 0. The lowest BCUT2D eigenvalue weighted by molar-refractivity contribution is 0.101. The van der Waals surface area contributed by atoms with Crippen molar-refractivity contribution in [1.82, 2.24) is 9.55 Å². The predicted octanol–water partition coefficient (Wildman–Crippen LogP) is 3.97. The van der Waals surface area contributed by atoms with Crippen molar-refractivity contribution in [3.05, 3.63) is 77.8 Å². The molecule has 1 N–H and O–H groups in total. The Morgan fingerprint density at radius 1 is 1.09 bits per heavy atom. The highest BCUT2D eigenvalue weighted by molar-refractivity contribution is 7.90. The number of phenolic OH excluding ortho intramolecular Hbond substituents is 1. The molecule has 4 aromatic rings. The molecule has 160 valence electrons. The average molecular weight is 446 g/mol. The van der Waals surface area contributed by atoms with Crippen LogP contribution < -0.4 is 4.74 Å². The lowest BCUT2D eigenvalue weighted by Gasteiger charge is -2.07. The van der Waals surface area contributed by atoms with Crippen LogP contribution in [0.5, 0.6) is 11.5 Å². The molecule has 0 radical (unpaired) electrons. The van der Waals surface area contributed by atoms with Gasteiger partial charge in [0.2, 0.25) is 5.78 Å². The molecule has 0 fully saturated rings. The first kappa shape index (κ1) is 20.0. The van der Waals surface area contributed by atoms with Gasteiger partial charge in [0.25, 0.3) is 0 Å². The lowest BCUT2D eigenvalue weighted by Crippen LogP contribution is -1.98. The zero-order valence-electron chi connectivity index (χ0n) is 17.2. The second kappa shape index (κ2) is 7.06. The maximum absolute atomic E-state index is 12.8. The van der Waals surface area contributed by atoms with E-state index in [1.807, 2.05) is 23.9 Å². The summed E-state index contributed by atoms with van der Waals surface area (Å²) < 4.78 is 31.2. The molecule has 1 aliphatic rings. The van der Waals surface area contributed by atoms with Gasteiger partial charge in [-0.15, -0.1) is 0 Å². The molecule has 8 heteroatoms. The molecule has 2 aromatic carbocycles. The van der Waals surface area contributed by atoms with E-state index in [1.165, 1.54) is 12.3 Å². The molecule has 0 saturated carbocycles. The standard InChI is InChI=1S/C24H18N2O5S/c1-26-13-15(12-20-23(28)22-18(27)4-3-5-19(22)31-20)21-17(10-11-25-24(21)26)14-6-8-16(9-7-14)32(2,29)30/h3-13,27H,1-2H3. The molecule has 0 saturated heterocycles. The number of Topliss-reactive ketones (excluding diaryl/α,β-unsaturated/α-hetero) is 1. The van der Waals surface area contributed by atoms with Crippen LogP contribution in [0.25, 0.3) is 28.2 Å². The first-order valence-corrected chi connectivity index (χ1v) is 11.6. The normalized spacial score (nSPS) is 14.7. The number of hydrogen-bond acceptors (Lipinski definition) is 6. The van der Waals surface area contributed by atoms with E-state index in [0.717, 1.165) is 16.5 Å². The fourth-order valence-corrected chi connectivity index (χ4v) is 4.56. The molecular weight excluding hydrogens is 428 g/mol. The number of phenols is 1. The largest absolute Gasteiger partial charge is 0.507 e. The second-order valence-corrected chi connectivity index (χ2v) is 9.65. The minimum Gasteiger partial charge on any atom is -0.507 e. The van der Waals surface area contributed by atoms with Crippen LogP contribution in [0.15, 0.2) is 71.6 Å². The number of aromatic nitrogens is 2. The molecule has 2 aromatic heterocycles. The van der Waals surface area contributed by atoms with E-state index in [1.54, 1.807) is 48.7 Å². The first-order chi connectivity index (χ1) is 15.2. The van der Waals surface area contributed by atoms with Gasteiger partial charge in [0, 0.05) is 36.6 Å². The van der Waals surface area contributed by atoms with E-state index >= 15 is 0 Å². The summed E-state index contributed by atoms with van der Waals surface area (Å²) in [7, 11) is -1.45. The number of carbonyl (C=O) groups is 1. The van der Waals surface area contributed by atoms with Gasteiger partial charge in [-0.2, -0.15) is 0 Å². The highest BCUT2D eigenvalue weighted by Gasteiger charge is 2.30. The Morgan fingerprint density at radius 2 is 1.84 bits per heavy atom. The topological polar surface area (TPSA) is 98.5 Å². The second-order valence-electron chi connectivity index (χ2n) is 7.64. The van der Waals surface area contributed by atoms with Crippen LogP contribution in [0.2, 0.25) is 0 Å². The van der Waals surface area contributed by atoms with Crippen molar-refractivity contribution < 1.29 is 23.1 Å². The molecule has 0 unspecified atom stereocenters. The molecule has 0 amide bonds. The number of fused-ring (bicyclic) bond motifs is 2. The molecule has 7 nitrogen and oxygen atoms in total. The van der Waals surface area contributed by atoms with Crippen molar-refractivity contribution in [3.63, 3.8) is 0 Å². The lowest BCUT2D eigenvalue weighted by atomic mass is 10.0. The first-order valence-electron chi connectivity index (χ1n) is 9.75. The Labute approximate surface area is 184 Å². The molecular formula is C24H18N2O5S. The molecule has 3 heterocycles. The van der Waals surface area contributed by atoms with Crippen molar-refractivity contribution in [1.29, 1.82) is 0 Å². The quantitative estimate of drug-likeness (QED) is 0.478. The van der Waals surface area contributed by atoms with Crippen molar-refractivity contribution in [2.45, 2.75) is 4.90 Å². The van der Waals surface area contributed by atoms with Crippen molar-refractivity contribution in [2.24, 2.45) is 7.05 Å². The van der Waals surface area contributed by atoms with E-state index in [9.17, 15) is 18.3 Å². The summed E-state index contributed by atoms with van der Waals surface area (Å²) in [5.74, 6) is -0.0902. The number of allylic oxidation sites excluding steroid dienone is 1. The number of sulfone groups is 1. The molecule has 1 aliphatic heterocycles. The van der Waals surface area contributed by atoms with E-state index in [0.29, 0.717) is 17.0 Å². The Morgan fingerprint density at radius 3 is 2.53 bits per heavy atom. The highest BCUT2D eigenvalue weighted by Crippen LogP contribution is 2.39. The molecule has 5 rings (SSSR count). The predicted molar refractivity (Wildman–Crippen MR) is 120 cm³/mol. The Balaban J connectivity index is 1.66. The Kier molecular flexibility index (Phi) is 4.42. The number of hydrogen-bond donors (Lipinski definition) is 1. The maximum atomic E-state index is 12.8. The average Bonchev–Trinajstić information content (AvgIpc) is 3.25. The summed E-state index contributed by atoms with van der Waals surface area (Å²) in [4.78, 5) is 17.5. The number of rotatable bonds is 3. The van der Waals surface area contributed by atoms with Gasteiger partial charge >= 0.3 is 0 Å². The fraction of sp³-hybridized carbons (Fsp3) is 0.0833. The van der Waals surface area contributed by atoms with Crippen LogP contribution in [0, 0.1) is 0 Å². The number of ether oxygens (including phenoxy) is 1. The van der Waals surface area contributed by atoms with E-state index in [2.05, 4.69) is 4.98 Å². The van der Waals surface area contributed by atoms with Crippen LogP contribution in [-0.4, -0.2) is 35.1 Å².